The third-order valence-corrected chi connectivity index (χ3v) is 5.02. The van der Waals surface area contributed by atoms with Crippen LogP contribution in [0.4, 0.5) is 9.18 Å². The molecule has 0 saturated carbocycles. The molecule has 29 heavy (non-hydrogen) atoms. The number of likely N-dealkylation sites (tertiary alicyclic amines) is 1. The van der Waals surface area contributed by atoms with E-state index in [2.05, 4.69) is 10.6 Å². The number of hydrogen-bond acceptors (Lipinski definition) is 4. The Morgan fingerprint density at radius 1 is 1.41 bits per heavy atom. The van der Waals surface area contributed by atoms with Crippen LogP contribution in [0.25, 0.3) is 0 Å². The number of ether oxygens (including phenoxy) is 1. The van der Waals surface area contributed by atoms with Gasteiger partial charge in [0.25, 0.3) is 0 Å². The van der Waals surface area contributed by atoms with Crippen molar-refractivity contribution in [2.75, 3.05) is 26.7 Å². The van der Waals surface area contributed by atoms with Crippen molar-refractivity contribution in [2.24, 2.45) is 5.92 Å². The second kappa shape index (κ2) is 10.6. The highest BCUT2D eigenvalue weighted by Crippen LogP contribution is 2.30. The van der Waals surface area contributed by atoms with Crippen LogP contribution in [0.1, 0.15) is 44.6 Å². The Bertz CT molecular complexity index is 763. The van der Waals surface area contributed by atoms with Gasteiger partial charge in [0.1, 0.15) is 24.2 Å². The number of benzene rings is 1. The van der Waals surface area contributed by atoms with E-state index in [9.17, 15) is 14.0 Å². The Morgan fingerprint density at radius 2 is 2.17 bits per heavy atom. The minimum absolute atomic E-state index is 0.105. The van der Waals surface area contributed by atoms with Crippen molar-refractivity contribution in [1.29, 1.82) is 5.26 Å². The molecular formula is C21H29FN4O3. The lowest BCUT2D eigenvalue weighted by Gasteiger charge is -2.34. The average molecular weight is 404 g/mol. The molecule has 2 rings (SSSR count). The van der Waals surface area contributed by atoms with Crippen molar-refractivity contribution in [3.8, 4) is 11.8 Å². The summed E-state index contributed by atoms with van der Waals surface area (Å²) in [5.74, 6) is -0.183. The molecule has 1 aliphatic rings. The van der Waals surface area contributed by atoms with Gasteiger partial charge in [0.15, 0.2) is 0 Å². The second-order valence-corrected chi connectivity index (χ2v) is 7.68. The number of carbonyl (C=O) groups is 2. The van der Waals surface area contributed by atoms with E-state index in [1.165, 1.54) is 13.2 Å². The van der Waals surface area contributed by atoms with Crippen LogP contribution in [0.5, 0.6) is 5.75 Å². The zero-order valence-electron chi connectivity index (χ0n) is 17.2. The molecule has 2 N–H and O–H groups in total. The number of nitriles is 1. The maximum atomic E-state index is 14.4. The lowest BCUT2D eigenvalue weighted by atomic mass is 9.90. The predicted molar refractivity (Wildman–Crippen MR) is 107 cm³/mol. The van der Waals surface area contributed by atoms with E-state index >= 15 is 0 Å². The van der Waals surface area contributed by atoms with Gasteiger partial charge in [-0.25, -0.2) is 9.18 Å². The fourth-order valence-corrected chi connectivity index (χ4v) is 3.57. The first-order valence-electron chi connectivity index (χ1n) is 9.89. The summed E-state index contributed by atoms with van der Waals surface area (Å²) in [6.45, 7) is 4.74. The predicted octanol–water partition coefficient (Wildman–Crippen LogP) is 2.78. The standard InChI is InChI=1S/C21H29FN4O3/c1-14(2)11-19(20(27)24-9-8-23)25-21(28)26-10-4-5-15(13-26)17-7-6-16(29-3)12-18(17)22/h6-7,12,14-15,19H,4-5,9-11,13H2,1-3H3,(H,24,27)(H,25,28). The van der Waals surface area contributed by atoms with Gasteiger partial charge in [-0.3, -0.25) is 4.79 Å². The van der Waals surface area contributed by atoms with Crippen molar-refractivity contribution in [3.63, 3.8) is 0 Å². The molecule has 0 radical (unpaired) electrons. The Morgan fingerprint density at radius 3 is 2.79 bits per heavy atom. The molecule has 1 aromatic carbocycles. The van der Waals surface area contributed by atoms with E-state index in [1.54, 1.807) is 17.0 Å². The number of hydrogen-bond donors (Lipinski definition) is 2. The first-order valence-corrected chi connectivity index (χ1v) is 9.89. The minimum atomic E-state index is -0.714. The molecule has 8 heteroatoms. The molecule has 2 unspecified atom stereocenters. The van der Waals surface area contributed by atoms with Gasteiger partial charge in [-0.15, -0.1) is 0 Å². The summed E-state index contributed by atoms with van der Waals surface area (Å²) in [5, 5.41) is 13.9. The van der Waals surface area contributed by atoms with Crippen LogP contribution in [-0.4, -0.2) is 49.6 Å². The van der Waals surface area contributed by atoms with Gasteiger partial charge < -0.3 is 20.3 Å². The van der Waals surface area contributed by atoms with Gasteiger partial charge in [0.05, 0.1) is 13.2 Å². The number of piperidine rings is 1. The molecule has 0 aliphatic carbocycles. The lowest BCUT2D eigenvalue weighted by molar-refractivity contribution is -0.123. The molecule has 0 spiro atoms. The van der Waals surface area contributed by atoms with Gasteiger partial charge in [0.2, 0.25) is 5.91 Å². The Hall–Kier alpha value is -2.82. The summed E-state index contributed by atoms with van der Waals surface area (Å²) in [7, 11) is 1.49. The number of urea groups is 1. The van der Waals surface area contributed by atoms with Crippen LogP contribution in [0.3, 0.4) is 0 Å². The molecule has 158 valence electrons. The molecule has 7 nitrogen and oxygen atoms in total. The molecule has 1 saturated heterocycles. The Kier molecular flexibility index (Phi) is 8.25. The maximum absolute atomic E-state index is 14.4. The highest BCUT2D eigenvalue weighted by molar-refractivity contribution is 5.87. The van der Waals surface area contributed by atoms with Gasteiger partial charge in [-0.2, -0.15) is 5.26 Å². The monoisotopic (exact) mass is 404 g/mol. The number of methoxy groups -OCH3 is 1. The van der Waals surface area contributed by atoms with Crippen molar-refractivity contribution >= 4 is 11.9 Å². The molecule has 2 atom stereocenters. The summed E-state index contributed by atoms with van der Waals surface area (Å²) in [6, 6.07) is 5.58. The Labute approximate surface area is 171 Å². The van der Waals surface area contributed by atoms with Gasteiger partial charge in [-0.1, -0.05) is 19.9 Å². The zero-order chi connectivity index (χ0) is 21.4. The topological polar surface area (TPSA) is 94.5 Å². The van der Waals surface area contributed by atoms with E-state index in [4.69, 9.17) is 10.00 Å². The summed E-state index contributed by atoms with van der Waals surface area (Å²) in [5.41, 5.74) is 0.564. The van der Waals surface area contributed by atoms with E-state index in [0.717, 1.165) is 12.8 Å². The van der Waals surface area contributed by atoms with Gasteiger partial charge in [-0.05, 0) is 36.8 Å². The van der Waals surface area contributed by atoms with Crippen molar-refractivity contribution in [2.45, 2.75) is 45.1 Å². The lowest BCUT2D eigenvalue weighted by Crippen LogP contribution is -2.53. The third-order valence-electron chi connectivity index (χ3n) is 5.02. The van der Waals surface area contributed by atoms with Crippen LogP contribution in [0, 0.1) is 23.1 Å². The highest BCUT2D eigenvalue weighted by atomic mass is 19.1. The maximum Gasteiger partial charge on any atom is 0.318 e. The highest BCUT2D eigenvalue weighted by Gasteiger charge is 2.29. The second-order valence-electron chi connectivity index (χ2n) is 7.68. The Balaban J connectivity index is 2.05. The average Bonchev–Trinajstić information content (AvgIpc) is 2.71. The first-order chi connectivity index (χ1) is 13.8. The van der Waals surface area contributed by atoms with Gasteiger partial charge >= 0.3 is 6.03 Å². The smallest absolute Gasteiger partial charge is 0.318 e. The summed E-state index contributed by atoms with van der Waals surface area (Å²) in [6.07, 6.45) is 2.00. The third kappa shape index (κ3) is 6.34. The SMILES string of the molecule is COc1ccc(C2CCCN(C(=O)NC(CC(C)C)C(=O)NCC#N)C2)c(F)c1. The quantitative estimate of drug-likeness (QED) is 0.683. The minimum Gasteiger partial charge on any atom is -0.497 e. The fourth-order valence-electron chi connectivity index (χ4n) is 3.57. The molecule has 1 fully saturated rings. The van der Waals surface area contributed by atoms with Crippen LogP contribution >= 0.6 is 0 Å². The van der Waals surface area contributed by atoms with Crippen LogP contribution in [0.2, 0.25) is 0 Å². The normalized spacial score (nSPS) is 17.4. The van der Waals surface area contributed by atoms with E-state index < -0.39 is 6.04 Å². The number of amides is 3. The van der Waals surface area contributed by atoms with Crippen molar-refractivity contribution in [3.05, 3.63) is 29.6 Å². The number of nitrogens with one attached hydrogen (secondary N) is 2. The molecule has 1 heterocycles. The first kappa shape index (κ1) is 22.5. The largest absolute Gasteiger partial charge is 0.497 e. The molecule has 1 aliphatic heterocycles. The molecule has 0 bridgehead atoms. The molecule has 1 aromatic rings. The number of halogens is 1. The van der Waals surface area contributed by atoms with Crippen LogP contribution in [-0.2, 0) is 4.79 Å². The molecule has 3 amide bonds. The zero-order valence-corrected chi connectivity index (χ0v) is 17.2. The van der Waals surface area contributed by atoms with Crippen LogP contribution in [0.15, 0.2) is 18.2 Å². The summed E-state index contributed by atoms with van der Waals surface area (Å²) < 4.78 is 19.5. The van der Waals surface area contributed by atoms with E-state index in [0.29, 0.717) is 30.8 Å². The van der Waals surface area contributed by atoms with E-state index in [1.807, 2.05) is 19.9 Å². The number of carbonyl (C=O) groups excluding carboxylic acids is 2. The van der Waals surface area contributed by atoms with Crippen molar-refractivity contribution in [1.82, 2.24) is 15.5 Å². The molecule has 0 aromatic heterocycles. The van der Waals surface area contributed by atoms with E-state index in [-0.39, 0.29) is 36.1 Å². The van der Waals surface area contributed by atoms with Crippen LogP contribution < -0.4 is 15.4 Å². The van der Waals surface area contributed by atoms with Gasteiger partial charge in [0, 0.05) is 25.1 Å². The number of nitrogens with zero attached hydrogens (tertiary/aromatic N) is 2. The fraction of sp³-hybridized carbons (Fsp3) is 0.571. The van der Waals surface area contributed by atoms with Crippen molar-refractivity contribution < 1.29 is 18.7 Å². The summed E-state index contributed by atoms with van der Waals surface area (Å²) >= 11 is 0. The number of rotatable bonds is 7. The molecular weight excluding hydrogens is 375 g/mol. The summed E-state index contributed by atoms with van der Waals surface area (Å²) in [4.78, 5) is 26.7.